The number of nitrogens with one attached hydrogen (secondary N) is 1. The topological polar surface area (TPSA) is 92.8 Å². The van der Waals surface area contributed by atoms with Gasteiger partial charge < -0.3 is 9.64 Å². The van der Waals surface area contributed by atoms with E-state index in [2.05, 4.69) is 9.46 Å². The van der Waals surface area contributed by atoms with Crippen molar-refractivity contribution in [1.82, 2.24) is 4.72 Å². The van der Waals surface area contributed by atoms with Gasteiger partial charge in [0.15, 0.2) is 0 Å². The normalized spacial score (nSPS) is 11.1. The summed E-state index contributed by atoms with van der Waals surface area (Å²) in [5.74, 6) is -0.703. The zero-order valence-electron chi connectivity index (χ0n) is 13.8. The number of carbonyl (C=O) groups excluding carboxylic acids is 2. The number of hydrogen-bond acceptors (Lipinski definition) is 6. The highest BCUT2D eigenvalue weighted by Gasteiger charge is 2.17. The second-order valence-corrected chi connectivity index (χ2v) is 7.98. The Balaban J connectivity index is 2.04. The van der Waals surface area contributed by atoms with Crippen molar-refractivity contribution in [3.8, 4) is 0 Å². The van der Waals surface area contributed by atoms with Gasteiger partial charge in [-0.2, -0.15) is 0 Å². The second kappa shape index (κ2) is 8.24. The summed E-state index contributed by atoms with van der Waals surface area (Å²) in [4.78, 5) is 24.7. The fourth-order valence-corrected chi connectivity index (χ4v) is 4.20. The first kappa shape index (κ1) is 19.1. The summed E-state index contributed by atoms with van der Waals surface area (Å²) in [6, 6.07) is 9.49. The summed E-state index contributed by atoms with van der Waals surface area (Å²) in [6.07, 6.45) is 0. The van der Waals surface area contributed by atoms with Gasteiger partial charge in [0.05, 0.1) is 12.7 Å². The average molecular weight is 382 g/mol. The Labute approximate surface area is 150 Å². The number of esters is 1. The number of carbonyl (C=O) groups is 2. The molecule has 2 aromatic rings. The highest BCUT2D eigenvalue weighted by molar-refractivity contribution is 7.91. The van der Waals surface area contributed by atoms with E-state index in [9.17, 15) is 18.0 Å². The molecule has 0 saturated carbocycles. The molecule has 2 rings (SSSR count). The van der Waals surface area contributed by atoms with E-state index in [0.29, 0.717) is 11.3 Å². The monoisotopic (exact) mass is 382 g/mol. The van der Waals surface area contributed by atoms with Crippen LogP contribution >= 0.6 is 11.3 Å². The molecule has 1 heterocycles. The minimum absolute atomic E-state index is 0.0680. The third kappa shape index (κ3) is 4.88. The predicted octanol–water partition coefficient (Wildman–Crippen LogP) is 1.87. The van der Waals surface area contributed by atoms with Gasteiger partial charge in [0.1, 0.15) is 4.21 Å². The molecule has 0 radical (unpaired) electrons. The van der Waals surface area contributed by atoms with E-state index in [-0.39, 0.29) is 23.2 Å². The first-order valence-electron chi connectivity index (χ1n) is 7.35. The van der Waals surface area contributed by atoms with E-state index < -0.39 is 16.0 Å². The fraction of sp³-hybridized carbons (Fsp3) is 0.250. The standard InChI is InChI=1S/C16H18N2O5S2/c1-12(19)18(14-7-5-13(6-8-14)16(20)23-2)10-9-17-25(21,22)15-4-3-11-24-15/h3-8,11,17H,9-10H2,1-2H3. The molecule has 0 aliphatic heterocycles. The summed E-state index contributed by atoms with van der Waals surface area (Å²) in [7, 11) is -2.28. The third-order valence-electron chi connectivity index (χ3n) is 3.37. The highest BCUT2D eigenvalue weighted by Crippen LogP contribution is 2.17. The molecule has 0 fully saturated rings. The Morgan fingerprint density at radius 1 is 1.20 bits per heavy atom. The molecular weight excluding hydrogens is 364 g/mol. The molecule has 1 N–H and O–H groups in total. The van der Waals surface area contributed by atoms with Crippen molar-refractivity contribution in [2.45, 2.75) is 11.1 Å². The van der Waals surface area contributed by atoms with Crippen LogP contribution in [0.5, 0.6) is 0 Å². The second-order valence-electron chi connectivity index (χ2n) is 5.04. The van der Waals surface area contributed by atoms with Crippen molar-refractivity contribution in [2.24, 2.45) is 0 Å². The van der Waals surface area contributed by atoms with Gasteiger partial charge in [-0.25, -0.2) is 17.9 Å². The van der Waals surface area contributed by atoms with E-state index >= 15 is 0 Å². The Morgan fingerprint density at radius 2 is 1.88 bits per heavy atom. The van der Waals surface area contributed by atoms with Crippen LogP contribution in [0.2, 0.25) is 0 Å². The molecule has 0 aliphatic rings. The Bertz CT molecular complexity index is 830. The first-order valence-corrected chi connectivity index (χ1v) is 9.71. The van der Waals surface area contributed by atoms with E-state index in [1.807, 2.05) is 0 Å². The van der Waals surface area contributed by atoms with Crippen LogP contribution in [0.4, 0.5) is 5.69 Å². The lowest BCUT2D eigenvalue weighted by molar-refractivity contribution is -0.116. The van der Waals surface area contributed by atoms with Crippen molar-refractivity contribution in [3.05, 3.63) is 47.3 Å². The maximum Gasteiger partial charge on any atom is 0.337 e. The largest absolute Gasteiger partial charge is 0.465 e. The van der Waals surface area contributed by atoms with Crippen molar-refractivity contribution < 1.29 is 22.7 Å². The number of methoxy groups -OCH3 is 1. The number of hydrogen-bond donors (Lipinski definition) is 1. The van der Waals surface area contributed by atoms with Crippen LogP contribution < -0.4 is 9.62 Å². The maximum absolute atomic E-state index is 12.1. The fourth-order valence-electron chi connectivity index (χ4n) is 2.14. The van der Waals surface area contributed by atoms with E-state index in [0.717, 1.165) is 11.3 Å². The lowest BCUT2D eigenvalue weighted by Crippen LogP contribution is -2.37. The van der Waals surface area contributed by atoms with Gasteiger partial charge in [0.25, 0.3) is 0 Å². The van der Waals surface area contributed by atoms with Crippen LogP contribution in [-0.2, 0) is 19.6 Å². The van der Waals surface area contributed by atoms with Gasteiger partial charge in [-0.15, -0.1) is 11.3 Å². The zero-order chi connectivity index (χ0) is 18.4. The molecule has 134 valence electrons. The molecule has 0 aliphatic carbocycles. The molecule has 25 heavy (non-hydrogen) atoms. The number of nitrogens with zero attached hydrogens (tertiary/aromatic N) is 1. The van der Waals surface area contributed by atoms with Crippen LogP contribution in [0.1, 0.15) is 17.3 Å². The van der Waals surface area contributed by atoms with Crippen LogP contribution in [0.15, 0.2) is 46.0 Å². The quantitative estimate of drug-likeness (QED) is 0.738. The number of benzene rings is 1. The molecule has 0 atom stereocenters. The van der Waals surface area contributed by atoms with Gasteiger partial charge in [-0.1, -0.05) is 6.07 Å². The molecule has 0 unspecified atom stereocenters. The molecule has 7 nitrogen and oxygen atoms in total. The van der Waals surface area contributed by atoms with E-state index in [1.54, 1.807) is 35.7 Å². The molecule has 1 amide bonds. The number of amides is 1. The smallest absolute Gasteiger partial charge is 0.337 e. The van der Waals surface area contributed by atoms with Crippen molar-refractivity contribution in [1.29, 1.82) is 0 Å². The van der Waals surface area contributed by atoms with Crippen LogP contribution in [-0.4, -0.2) is 40.5 Å². The number of thiophene rings is 1. The Hall–Kier alpha value is -2.23. The lowest BCUT2D eigenvalue weighted by atomic mass is 10.2. The zero-order valence-corrected chi connectivity index (χ0v) is 15.4. The van der Waals surface area contributed by atoms with Gasteiger partial charge in [0, 0.05) is 25.7 Å². The van der Waals surface area contributed by atoms with Gasteiger partial charge in [-0.3, -0.25) is 4.79 Å². The van der Waals surface area contributed by atoms with E-state index in [1.165, 1.54) is 25.0 Å². The molecule has 0 saturated heterocycles. The summed E-state index contributed by atoms with van der Waals surface area (Å²) in [5.41, 5.74) is 0.934. The minimum atomic E-state index is -3.57. The van der Waals surface area contributed by atoms with E-state index in [4.69, 9.17) is 0 Å². The van der Waals surface area contributed by atoms with Crippen molar-refractivity contribution in [2.75, 3.05) is 25.1 Å². The van der Waals surface area contributed by atoms with Crippen LogP contribution in [0.3, 0.4) is 0 Å². The summed E-state index contributed by atoms with van der Waals surface area (Å²) in [6.45, 7) is 1.62. The van der Waals surface area contributed by atoms with Crippen molar-refractivity contribution >= 4 is 38.9 Å². The minimum Gasteiger partial charge on any atom is -0.465 e. The molecule has 1 aromatic carbocycles. The number of sulfonamides is 1. The maximum atomic E-state index is 12.1. The van der Waals surface area contributed by atoms with Gasteiger partial charge in [0.2, 0.25) is 15.9 Å². The van der Waals surface area contributed by atoms with Crippen molar-refractivity contribution in [3.63, 3.8) is 0 Å². The summed E-state index contributed by atoms with van der Waals surface area (Å²) < 4.78 is 31.5. The Morgan fingerprint density at radius 3 is 2.40 bits per heavy atom. The molecule has 0 spiro atoms. The number of rotatable bonds is 7. The average Bonchev–Trinajstić information content (AvgIpc) is 3.13. The van der Waals surface area contributed by atoms with Crippen LogP contribution in [0.25, 0.3) is 0 Å². The number of anilines is 1. The molecule has 9 heteroatoms. The summed E-state index contributed by atoms with van der Waals surface area (Å²) in [5, 5.41) is 1.68. The molecule has 0 bridgehead atoms. The molecule has 1 aromatic heterocycles. The van der Waals surface area contributed by atoms with Gasteiger partial charge >= 0.3 is 5.97 Å². The lowest BCUT2D eigenvalue weighted by Gasteiger charge is -2.21. The SMILES string of the molecule is COC(=O)c1ccc(N(CCNS(=O)(=O)c2cccs2)C(C)=O)cc1. The predicted molar refractivity (Wildman–Crippen MR) is 95.3 cm³/mol. The highest BCUT2D eigenvalue weighted by atomic mass is 32.2. The first-order chi connectivity index (χ1) is 11.8. The molecular formula is C16H18N2O5S2. The third-order valence-corrected chi connectivity index (χ3v) is 6.23. The van der Waals surface area contributed by atoms with Crippen LogP contribution in [0, 0.1) is 0 Å². The Kier molecular flexibility index (Phi) is 6.29. The number of ether oxygens (including phenoxy) is 1. The summed E-state index contributed by atoms with van der Waals surface area (Å²) >= 11 is 1.12. The van der Waals surface area contributed by atoms with Gasteiger partial charge in [-0.05, 0) is 35.7 Å².